The van der Waals surface area contributed by atoms with Crippen LogP contribution in [0.5, 0.6) is 0 Å². The van der Waals surface area contributed by atoms with Gasteiger partial charge in [0.25, 0.3) is 5.91 Å². The highest BCUT2D eigenvalue weighted by atomic mass is 16.4. The molecule has 0 bridgehead atoms. The molecule has 0 spiro atoms. The number of urea groups is 1. The Morgan fingerprint density at radius 1 is 1.47 bits per heavy atom. The molecular formula is C11H14N4O4. The summed E-state index contributed by atoms with van der Waals surface area (Å²) in [7, 11) is 3.28. The van der Waals surface area contributed by atoms with Gasteiger partial charge in [0.1, 0.15) is 5.82 Å². The molecule has 0 atom stereocenters. The number of carbonyl (C=O) groups is 3. The Labute approximate surface area is 109 Å². The van der Waals surface area contributed by atoms with E-state index in [-0.39, 0.29) is 6.54 Å². The Morgan fingerprint density at radius 3 is 2.68 bits per heavy atom. The topological polar surface area (TPSA) is 105 Å². The van der Waals surface area contributed by atoms with Crippen LogP contribution in [0.25, 0.3) is 0 Å². The van der Waals surface area contributed by atoms with Crippen molar-refractivity contribution in [1.29, 1.82) is 0 Å². The van der Waals surface area contributed by atoms with Crippen molar-refractivity contribution < 1.29 is 19.5 Å². The zero-order chi connectivity index (χ0) is 14.4. The lowest BCUT2D eigenvalue weighted by Gasteiger charge is -2.16. The van der Waals surface area contributed by atoms with Gasteiger partial charge >= 0.3 is 12.0 Å². The third-order valence-electron chi connectivity index (χ3n) is 2.25. The van der Waals surface area contributed by atoms with Crippen molar-refractivity contribution in [2.45, 2.75) is 6.54 Å². The fraction of sp³-hybridized carbons (Fsp3) is 0.273. The first kappa shape index (κ1) is 14.4. The number of nitrogens with one attached hydrogen (secondary N) is 1. The molecule has 0 saturated heterocycles. The second-order valence-electron chi connectivity index (χ2n) is 3.78. The summed E-state index contributed by atoms with van der Waals surface area (Å²) in [4.78, 5) is 38.3. The molecule has 0 unspecified atom stereocenters. The first-order valence-electron chi connectivity index (χ1n) is 5.33. The summed E-state index contributed by atoms with van der Waals surface area (Å²) in [5.41, 5.74) is 0. The van der Waals surface area contributed by atoms with E-state index in [0.717, 1.165) is 6.08 Å². The van der Waals surface area contributed by atoms with E-state index in [0.29, 0.717) is 11.9 Å². The van der Waals surface area contributed by atoms with Crippen molar-refractivity contribution in [2.75, 3.05) is 7.05 Å². The molecule has 1 heterocycles. The standard InChI is InChI=1S/C11H14N4O4/c1-14-6-5-12-8(14)7-15(2)11(19)13-9(16)3-4-10(17)18/h3-6H,7H2,1-2H3,(H,17,18)(H,13,16,19). The van der Waals surface area contributed by atoms with Crippen molar-refractivity contribution >= 4 is 17.9 Å². The van der Waals surface area contributed by atoms with Crippen LogP contribution in [0.4, 0.5) is 4.79 Å². The number of nitrogens with zero attached hydrogens (tertiary/aromatic N) is 3. The van der Waals surface area contributed by atoms with Crippen molar-refractivity contribution in [3.05, 3.63) is 30.4 Å². The van der Waals surface area contributed by atoms with E-state index in [1.807, 2.05) is 5.32 Å². The van der Waals surface area contributed by atoms with E-state index in [2.05, 4.69) is 4.98 Å². The molecule has 8 nitrogen and oxygen atoms in total. The molecule has 0 aromatic carbocycles. The van der Waals surface area contributed by atoms with Crippen molar-refractivity contribution in [1.82, 2.24) is 19.8 Å². The van der Waals surface area contributed by atoms with E-state index >= 15 is 0 Å². The van der Waals surface area contributed by atoms with Gasteiger partial charge in [-0.05, 0) is 0 Å². The van der Waals surface area contributed by atoms with Crippen molar-refractivity contribution in [3.63, 3.8) is 0 Å². The normalized spacial score (nSPS) is 10.4. The van der Waals surface area contributed by atoms with Crippen LogP contribution in [-0.2, 0) is 23.2 Å². The van der Waals surface area contributed by atoms with Gasteiger partial charge in [-0.25, -0.2) is 14.6 Å². The number of carboxylic acid groups (broad SMARTS) is 1. The second-order valence-corrected chi connectivity index (χ2v) is 3.78. The Hall–Kier alpha value is -2.64. The molecule has 0 saturated carbocycles. The van der Waals surface area contributed by atoms with Gasteiger partial charge in [-0.1, -0.05) is 0 Å². The predicted molar refractivity (Wildman–Crippen MR) is 65.0 cm³/mol. The number of aliphatic carboxylic acids is 1. The third kappa shape index (κ3) is 4.62. The van der Waals surface area contributed by atoms with Crippen LogP contribution in [0.1, 0.15) is 5.82 Å². The number of hydrogen-bond acceptors (Lipinski definition) is 4. The number of imide groups is 1. The van der Waals surface area contributed by atoms with E-state index in [1.54, 1.807) is 24.0 Å². The molecule has 0 aliphatic rings. The minimum atomic E-state index is -1.26. The average molecular weight is 266 g/mol. The van der Waals surface area contributed by atoms with E-state index < -0.39 is 17.9 Å². The molecule has 1 rings (SSSR count). The van der Waals surface area contributed by atoms with Gasteiger partial charge in [0.2, 0.25) is 0 Å². The molecule has 0 fully saturated rings. The van der Waals surface area contributed by atoms with E-state index in [4.69, 9.17) is 5.11 Å². The van der Waals surface area contributed by atoms with Crippen LogP contribution >= 0.6 is 0 Å². The van der Waals surface area contributed by atoms with Gasteiger partial charge in [-0.15, -0.1) is 0 Å². The molecule has 3 amide bonds. The highest BCUT2D eigenvalue weighted by Gasteiger charge is 2.13. The molecule has 0 aliphatic heterocycles. The summed E-state index contributed by atoms with van der Waals surface area (Å²) in [5.74, 6) is -1.39. The zero-order valence-electron chi connectivity index (χ0n) is 10.5. The fourth-order valence-corrected chi connectivity index (χ4v) is 1.22. The summed E-state index contributed by atoms with van der Waals surface area (Å²) < 4.78 is 1.75. The summed E-state index contributed by atoms with van der Waals surface area (Å²) in [6.07, 6.45) is 4.76. The van der Waals surface area contributed by atoms with E-state index in [1.165, 1.54) is 11.9 Å². The SMILES string of the molecule is CN(Cc1nccn1C)C(=O)NC(=O)C=CC(=O)O. The second kappa shape index (κ2) is 6.34. The minimum Gasteiger partial charge on any atom is -0.478 e. The summed E-state index contributed by atoms with van der Waals surface area (Å²) in [6.45, 7) is 0.227. The number of imidazole rings is 1. The molecule has 8 heteroatoms. The van der Waals surface area contributed by atoms with Gasteiger partial charge in [0.05, 0.1) is 6.54 Å². The van der Waals surface area contributed by atoms with Crippen LogP contribution in [0.3, 0.4) is 0 Å². The van der Waals surface area contributed by atoms with Crippen LogP contribution < -0.4 is 5.32 Å². The van der Waals surface area contributed by atoms with Crippen LogP contribution in [-0.4, -0.2) is 44.5 Å². The van der Waals surface area contributed by atoms with Crippen LogP contribution in [0.15, 0.2) is 24.5 Å². The first-order valence-corrected chi connectivity index (χ1v) is 5.33. The number of aromatic nitrogens is 2. The molecule has 2 N–H and O–H groups in total. The first-order chi connectivity index (χ1) is 8.90. The molecule has 0 radical (unpaired) electrons. The predicted octanol–water partition coefficient (Wildman–Crippen LogP) is -0.271. The summed E-state index contributed by atoms with van der Waals surface area (Å²) in [5, 5.41) is 10.4. The van der Waals surface area contributed by atoms with Gasteiger partial charge in [0.15, 0.2) is 0 Å². The van der Waals surface area contributed by atoms with Gasteiger partial charge in [0, 0.05) is 38.6 Å². The minimum absolute atomic E-state index is 0.227. The lowest BCUT2D eigenvalue weighted by Crippen LogP contribution is -2.40. The van der Waals surface area contributed by atoms with Crippen LogP contribution in [0.2, 0.25) is 0 Å². The quantitative estimate of drug-likeness (QED) is 0.730. The molecule has 1 aromatic rings. The lowest BCUT2D eigenvalue weighted by molar-refractivity contribution is -0.131. The Bertz CT molecular complexity index is 521. The van der Waals surface area contributed by atoms with Crippen LogP contribution in [0, 0.1) is 0 Å². The molecule has 102 valence electrons. The summed E-state index contributed by atoms with van der Waals surface area (Å²) in [6, 6.07) is -0.636. The lowest BCUT2D eigenvalue weighted by atomic mass is 10.4. The molecule has 0 aliphatic carbocycles. The van der Waals surface area contributed by atoms with Crippen molar-refractivity contribution in [3.8, 4) is 0 Å². The largest absolute Gasteiger partial charge is 0.478 e. The number of hydrogen-bond donors (Lipinski definition) is 2. The maximum absolute atomic E-state index is 11.6. The van der Waals surface area contributed by atoms with E-state index in [9.17, 15) is 14.4 Å². The highest BCUT2D eigenvalue weighted by molar-refractivity contribution is 6.02. The van der Waals surface area contributed by atoms with Gasteiger partial charge in [-0.2, -0.15) is 0 Å². The zero-order valence-corrected chi connectivity index (χ0v) is 10.5. The molecule has 1 aromatic heterocycles. The maximum atomic E-state index is 11.6. The average Bonchev–Trinajstić information content (AvgIpc) is 2.72. The Balaban J connectivity index is 2.51. The Morgan fingerprint density at radius 2 is 2.16 bits per heavy atom. The highest BCUT2D eigenvalue weighted by Crippen LogP contribution is 1.99. The maximum Gasteiger partial charge on any atom is 0.328 e. The fourth-order valence-electron chi connectivity index (χ4n) is 1.22. The number of amides is 3. The summed E-state index contributed by atoms with van der Waals surface area (Å²) >= 11 is 0. The number of aryl methyl sites for hydroxylation is 1. The van der Waals surface area contributed by atoms with Crippen molar-refractivity contribution in [2.24, 2.45) is 7.05 Å². The molecular weight excluding hydrogens is 252 g/mol. The molecule has 19 heavy (non-hydrogen) atoms. The van der Waals surface area contributed by atoms with Gasteiger partial charge < -0.3 is 14.6 Å². The monoisotopic (exact) mass is 266 g/mol. The number of carbonyl (C=O) groups excluding carboxylic acids is 2. The third-order valence-corrected chi connectivity index (χ3v) is 2.25. The number of carboxylic acids is 1. The number of rotatable bonds is 4. The van der Waals surface area contributed by atoms with Gasteiger partial charge in [-0.3, -0.25) is 10.1 Å². The Kier molecular flexibility index (Phi) is 4.81. The smallest absolute Gasteiger partial charge is 0.328 e.